The first kappa shape index (κ1) is 20.0. The fraction of sp³-hybridized carbons (Fsp3) is 0.333. The second kappa shape index (κ2) is 8.88. The highest BCUT2D eigenvalue weighted by molar-refractivity contribution is 7.89. The normalized spacial score (nSPS) is 11.2. The molecule has 0 fully saturated rings. The van der Waals surface area contributed by atoms with E-state index in [1.165, 1.54) is 12.1 Å². The summed E-state index contributed by atoms with van der Waals surface area (Å²) >= 11 is 0. The summed E-state index contributed by atoms with van der Waals surface area (Å²) in [6.07, 6.45) is 0.751. The Bertz CT molecular complexity index is 835. The molecule has 2 aromatic carbocycles. The molecule has 0 aromatic heterocycles. The Morgan fingerprint density at radius 1 is 0.923 bits per heavy atom. The van der Waals surface area contributed by atoms with Gasteiger partial charge in [-0.3, -0.25) is 0 Å². The van der Waals surface area contributed by atoms with Gasteiger partial charge in [0.15, 0.2) is 11.5 Å². The third-order valence-corrected chi connectivity index (χ3v) is 4.87. The molecule has 0 aliphatic heterocycles. The van der Waals surface area contributed by atoms with Gasteiger partial charge in [-0.1, -0.05) is 12.1 Å². The second-order valence-electron chi connectivity index (χ2n) is 5.63. The molecular weight excluding hydrogens is 356 g/mol. The summed E-state index contributed by atoms with van der Waals surface area (Å²) in [4.78, 5) is 0.115. The molecule has 26 heavy (non-hydrogen) atoms. The molecule has 2 rings (SSSR count). The maximum Gasteiger partial charge on any atom is 0.238 e. The molecule has 0 aliphatic carbocycles. The maximum absolute atomic E-state index is 11.3. The van der Waals surface area contributed by atoms with Gasteiger partial charge < -0.3 is 19.5 Å². The van der Waals surface area contributed by atoms with E-state index < -0.39 is 10.0 Å². The van der Waals surface area contributed by atoms with Gasteiger partial charge in [-0.05, 0) is 36.7 Å². The molecule has 0 spiro atoms. The van der Waals surface area contributed by atoms with Crippen molar-refractivity contribution in [1.29, 1.82) is 0 Å². The lowest BCUT2D eigenvalue weighted by Crippen LogP contribution is -2.17. The molecule has 0 radical (unpaired) electrons. The third-order valence-electron chi connectivity index (χ3n) is 3.94. The zero-order valence-corrected chi connectivity index (χ0v) is 15.9. The highest BCUT2D eigenvalue weighted by atomic mass is 32.2. The first-order chi connectivity index (χ1) is 12.4. The highest BCUT2D eigenvalue weighted by Crippen LogP contribution is 2.34. The van der Waals surface area contributed by atoms with E-state index in [1.54, 1.807) is 39.5 Å². The van der Waals surface area contributed by atoms with Gasteiger partial charge in [0.1, 0.15) is 5.75 Å². The lowest BCUT2D eigenvalue weighted by molar-refractivity contribution is 0.347. The Morgan fingerprint density at radius 3 is 2.04 bits per heavy atom. The zero-order chi connectivity index (χ0) is 19.2. The predicted molar refractivity (Wildman–Crippen MR) is 99.3 cm³/mol. The number of ether oxygens (including phenoxy) is 3. The van der Waals surface area contributed by atoms with Gasteiger partial charge in [0.05, 0.1) is 26.2 Å². The number of hydrogen-bond donors (Lipinski definition) is 2. The lowest BCUT2D eigenvalue weighted by atomic mass is 10.1. The SMILES string of the molecule is COc1cc(OC)c(OC)cc1CNCCc1ccc(S(N)(=O)=O)cc1. The number of benzene rings is 2. The molecule has 0 unspecified atom stereocenters. The van der Waals surface area contributed by atoms with Crippen LogP contribution in [0.4, 0.5) is 0 Å². The Hall–Kier alpha value is -2.29. The van der Waals surface area contributed by atoms with Gasteiger partial charge in [0.25, 0.3) is 0 Å². The van der Waals surface area contributed by atoms with Gasteiger partial charge in [-0.25, -0.2) is 13.6 Å². The molecule has 0 atom stereocenters. The van der Waals surface area contributed by atoms with Crippen molar-refractivity contribution in [2.75, 3.05) is 27.9 Å². The van der Waals surface area contributed by atoms with Crippen LogP contribution in [0.25, 0.3) is 0 Å². The number of nitrogens with one attached hydrogen (secondary N) is 1. The Kier molecular flexibility index (Phi) is 6.84. The van der Waals surface area contributed by atoms with E-state index in [2.05, 4.69) is 5.32 Å². The molecule has 8 heteroatoms. The Labute approximate surface area is 154 Å². The van der Waals surface area contributed by atoms with Crippen molar-refractivity contribution >= 4 is 10.0 Å². The molecule has 0 aliphatic rings. The fourth-order valence-corrected chi connectivity index (χ4v) is 3.05. The van der Waals surface area contributed by atoms with Crippen LogP contribution in [-0.2, 0) is 23.0 Å². The summed E-state index contributed by atoms with van der Waals surface area (Å²) in [5.41, 5.74) is 1.97. The molecule has 0 amide bonds. The first-order valence-electron chi connectivity index (χ1n) is 8.00. The number of rotatable bonds is 9. The molecule has 142 valence electrons. The van der Waals surface area contributed by atoms with E-state index in [-0.39, 0.29) is 4.90 Å². The largest absolute Gasteiger partial charge is 0.496 e. The monoisotopic (exact) mass is 380 g/mol. The number of hydrogen-bond acceptors (Lipinski definition) is 6. The lowest BCUT2D eigenvalue weighted by Gasteiger charge is -2.14. The standard InChI is InChI=1S/C18H24N2O5S/c1-23-16-11-18(25-3)17(24-2)10-14(16)12-20-9-8-13-4-6-15(7-5-13)26(19,21)22/h4-7,10-11,20H,8-9,12H2,1-3H3,(H2,19,21,22). The van der Waals surface area contributed by atoms with Crippen molar-refractivity contribution in [3.63, 3.8) is 0 Å². The van der Waals surface area contributed by atoms with Gasteiger partial charge in [0, 0.05) is 18.2 Å². The van der Waals surface area contributed by atoms with Gasteiger partial charge in [-0.15, -0.1) is 0 Å². The quantitative estimate of drug-likeness (QED) is 0.642. The molecule has 0 saturated carbocycles. The fourth-order valence-electron chi connectivity index (χ4n) is 2.53. The Balaban J connectivity index is 1.95. The van der Waals surface area contributed by atoms with E-state index in [9.17, 15) is 8.42 Å². The summed E-state index contributed by atoms with van der Waals surface area (Å²) in [5.74, 6) is 1.97. The van der Waals surface area contributed by atoms with Crippen LogP contribution < -0.4 is 24.7 Å². The van der Waals surface area contributed by atoms with E-state index in [0.29, 0.717) is 30.3 Å². The summed E-state index contributed by atoms with van der Waals surface area (Å²) in [5, 5.41) is 8.43. The van der Waals surface area contributed by atoms with Crippen LogP contribution in [0.2, 0.25) is 0 Å². The molecule has 3 N–H and O–H groups in total. The van der Waals surface area contributed by atoms with Crippen molar-refractivity contribution in [3.05, 3.63) is 47.5 Å². The predicted octanol–water partition coefficient (Wildman–Crippen LogP) is 1.69. The van der Waals surface area contributed by atoms with Crippen LogP contribution in [0.1, 0.15) is 11.1 Å². The first-order valence-corrected chi connectivity index (χ1v) is 9.55. The third kappa shape index (κ3) is 5.10. The molecule has 2 aromatic rings. The molecule has 0 saturated heterocycles. The zero-order valence-electron chi connectivity index (χ0n) is 15.1. The van der Waals surface area contributed by atoms with Crippen molar-refractivity contribution in [3.8, 4) is 17.2 Å². The minimum Gasteiger partial charge on any atom is -0.496 e. The minimum absolute atomic E-state index is 0.115. The average molecular weight is 380 g/mol. The molecular formula is C18H24N2O5S. The van der Waals surface area contributed by atoms with Gasteiger partial charge in [0.2, 0.25) is 10.0 Å². The average Bonchev–Trinajstić information content (AvgIpc) is 2.64. The van der Waals surface area contributed by atoms with Crippen LogP contribution >= 0.6 is 0 Å². The van der Waals surface area contributed by atoms with Crippen LogP contribution in [0.3, 0.4) is 0 Å². The van der Waals surface area contributed by atoms with E-state index in [1.807, 2.05) is 6.07 Å². The number of primary sulfonamides is 1. The van der Waals surface area contributed by atoms with Crippen molar-refractivity contribution in [2.24, 2.45) is 5.14 Å². The molecule has 0 bridgehead atoms. The molecule has 0 heterocycles. The summed E-state index contributed by atoms with van der Waals surface area (Å²) < 4.78 is 38.5. The van der Waals surface area contributed by atoms with Crippen molar-refractivity contribution < 1.29 is 22.6 Å². The van der Waals surface area contributed by atoms with Gasteiger partial charge in [-0.2, -0.15) is 0 Å². The maximum atomic E-state index is 11.3. The second-order valence-corrected chi connectivity index (χ2v) is 7.20. The van der Waals surface area contributed by atoms with Crippen LogP contribution in [0, 0.1) is 0 Å². The number of methoxy groups -OCH3 is 3. The van der Waals surface area contributed by atoms with Crippen molar-refractivity contribution in [2.45, 2.75) is 17.9 Å². The highest BCUT2D eigenvalue weighted by Gasteiger charge is 2.11. The minimum atomic E-state index is -3.65. The molecule has 7 nitrogen and oxygen atoms in total. The smallest absolute Gasteiger partial charge is 0.238 e. The van der Waals surface area contributed by atoms with Crippen LogP contribution in [0.5, 0.6) is 17.2 Å². The van der Waals surface area contributed by atoms with Crippen LogP contribution in [0.15, 0.2) is 41.3 Å². The van der Waals surface area contributed by atoms with E-state index in [0.717, 1.165) is 17.5 Å². The Morgan fingerprint density at radius 2 is 1.50 bits per heavy atom. The van der Waals surface area contributed by atoms with E-state index >= 15 is 0 Å². The van der Waals surface area contributed by atoms with Gasteiger partial charge >= 0.3 is 0 Å². The van der Waals surface area contributed by atoms with Crippen LogP contribution in [-0.4, -0.2) is 36.3 Å². The summed E-state index contributed by atoms with van der Waals surface area (Å²) in [6.45, 7) is 1.31. The topological polar surface area (TPSA) is 99.9 Å². The van der Waals surface area contributed by atoms with E-state index in [4.69, 9.17) is 19.3 Å². The van der Waals surface area contributed by atoms with Crippen molar-refractivity contribution in [1.82, 2.24) is 5.32 Å². The number of nitrogens with two attached hydrogens (primary N) is 1. The summed E-state index contributed by atoms with van der Waals surface area (Å²) in [6, 6.07) is 10.2. The number of sulfonamides is 1. The summed E-state index contributed by atoms with van der Waals surface area (Å²) in [7, 11) is 1.13.